The zero-order valence-corrected chi connectivity index (χ0v) is 11.0. The molecule has 0 heterocycles. The van der Waals surface area contributed by atoms with Gasteiger partial charge < -0.3 is 25.0 Å². The van der Waals surface area contributed by atoms with Crippen molar-refractivity contribution in [3.63, 3.8) is 0 Å². The monoisotopic (exact) mass is 261 g/mol. The van der Waals surface area contributed by atoms with Gasteiger partial charge in [-0.3, -0.25) is 4.79 Å². The number of carboxylic acid groups (broad SMARTS) is 1. The fraction of sp³-hybridized carbons (Fsp3) is 0.700. The molecule has 1 atom stereocenters. The number of nitrogens with one attached hydrogen (secondary N) is 1. The summed E-state index contributed by atoms with van der Waals surface area (Å²) in [5.41, 5.74) is 0. The maximum Gasteiger partial charge on any atom is 0.334 e. The van der Waals surface area contributed by atoms with Crippen LogP contribution in [0.1, 0.15) is 0 Å². The van der Waals surface area contributed by atoms with Gasteiger partial charge in [0.05, 0.1) is 6.54 Å². The first-order valence-electron chi connectivity index (χ1n) is 5.24. The lowest BCUT2D eigenvalue weighted by atomic mass is 10.3. The number of likely N-dealkylation sites (N-methyl/N-ethyl adjacent to an activating group) is 2. The summed E-state index contributed by atoms with van der Waals surface area (Å²) < 4.78 is 4.65. The average Bonchev–Trinajstić information content (AvgIpc) is 2.28. The van der Waals surface area contributed by atoms with E-state index < -0.39 is 18.1 Å². The third-order valence-corrected chi connectivity index (χ3v) is 2.22. The number of carbonyl (C=O) groups excluding carboxylic acids is 2. The van der Waals surface area contributed by atoms with Gasteiger partial charge in [0.1, 0.15) is 6.54 Å². The van der Waals surface area contributed by atoms with Crippen LogP contribution in [0.15, 0.2) is 0 Å². The van der Waals surface area contributed by atoms with E-state index in [4.69, 9.17) is 5.11 Å². The molecule has 0 bridgehead atoms. The Kier molecular flexibility index (Phi) is 6.73. The normalized spacial score (nSPS) is 11.6. The molecule has 0 aromatic rings. The molecule has 18 heavy (non-hydrogen) atoms. The molecule has 0 saturated heterocycles. The van der Waals surface area contributed by atoms with Gasteiger partial charge in [-0.2, -0.15) is 0 Å². The Bertz CT molecular complexity index is 319. The average molecular weight is 261 g/mol. The fourth-order valence-electron chi connectivity index (χ4n) is 1.00. The predicted molar refractivity (Wildman–Crippen MR) is 63.2 cm³/mol. The maximum absolute atomic E-state index is 11.5. The van der Waals surface area contributed by atoms with E-state index in [9.17, 15) is 14.4 Å². The summed E-state index contributed by atoms with van der Waals surface area (Å²) in [5, 5.41) is 11.1. The number of carboxylic acids is 1. The maximum atomic E-state index is 11.5. The summed E-state index contributed by atoms with van der Waals surface area (Å²) in [6.07, 6.45) is -1.10. The standard InChI is InChI=1S/C10H19N3O5/c1-12(2)8(14)6-13(3)10(17)11-5-7(18-4)9(15)16/h7H,5-6H2,1-4H3,(H,11,17)(H,15,16). The van der Waals surface area contributed by atoms with Crippen LogP contribution in [0.3, 0.4) is 0 Å². The van der Waals surface area contributed by atoms with Crippen LogP contribution in [0.2, 0.25) is 0 Å². The third-order valence-electron chi connectivity index (χ3n) is 2.22. The Labute approximate surface area is 105 Å². The SMILES string of the molecule is COC(CNC(=O)N(C)CC(=O)N(C)C)C(=O)O. The van der Waals surface area contributed by atoms with Crippen LogP contribution >= 0.6 is 0 Å². The smallest absolute Gasteiger partial charge is 0.334 e. The highest BCUT2D eigenvalue weighted by Gasteiger charge is 2.19. The van der Waals surface area contributed by atoms with Crippen molar-refractivity contribution in [1.82, 2.24) is 15.1 Å². The first-order valence-corrected chi connectivity index (χ1v) is 5.24. The second-order valence-corrected chi connectivity index (χ2v) is 3.89. The Hall–Kier alpha value is -1.83. The number of amides is 3. The molecule has 0 radical (unpaired) electrons. The van der Waals surface area contributed by atoms with Gasteiger partial charge in [-0.25, -0.2) is 9.59 Å². The van der Waals surface area contributed by atoms with E-state index in [1.165, 1.54) is 19.1 Å². The van der Waals surface area contributed by atoms with Crippen LogP contribution in [-0.2, 0) is 14.3 Å². The lowest BCUT2D eigenvalue weighted by molar-refractivity contribution is -0.148. The minimum atomic E-state index is -1.16. The van der Waals surface area contributed by atoms with Crippen molar-refractivity contribution in [1.29, 1.82) is 0 Å². The quantitative estimate of drug-likeness (QED) is 0.626. The number of ether oxygens (including phenoxy) is 1. The van der Waals surface area contributed by atoms with Gasteiger partial charge in [0.25, 0.3) is 0 Å². The molecule has 0 aliphatic carbocycles. The van der Waals surface area contributed by atoms with Crippen LogP contribution in [0.25, 0.3) is 0 Å². The zero-order chi connectivity index (χ0) is 14.3. The molecule has 2 N–H and O–H groups in total. The lowest BCUT2D eigenvalue weighted by Crippen LogP contribution is -2.46. The summed E-state index contributed by atoms with van der Waals surface area (Å²) in [5.74, 6) is -1.39. The van der Waals surface area contributed by atoms with Crippen LogP contribution in [0, 0.1) is 0 Å². The minimum absolute atomic E-state index is 0.0798. The number of hydrogen-bond donors (Lipinski definition) is 2. The Balaban J connectivity index is 4.16. The van der Waals surface area contributed by atoms with Gasteiger partial charge in [0, 0.05) is 28.3 Å². The molecule has 0 rings (SSSR count). The summed E-state index contributed by atoms with van der Waals surface area (Å²) in [4.78, 5) is 36.0. The number of carbonyl (C=O) groups is 3. The Morgan fingerprint density at radius 2 is 1.83 bits per heavy atom. The molecule has 0 aromatic heterocycles. The topological polar surface area (TPSA) is 99.2 Å². The van der Waals surface area contributed by atoms with Crippen molar-refractivity contribution >= 4 is 17.9 Å². The van der Waals surface area contributed by atoms with E-state index in [1.54, 1.807) is 14.1 Å². The van der Waals surface area contributed by atoms with E-state index in [2.05, 4.69) is 10.1 Å². The molecule has 0 aromatic carbocycles. The second-order valence-electron chi connectivity index (χ2n) is 3.89. The number of methoxy groups -OCH3 is 1. The molecule has 0 saturated carbocycles. The molecule has 0 aliphatic heterocycles. The number of rotatable bonds is 6. The molecule has 8 heteroatoms. The van der Waals surface area contributed by atoms with Crippen molar-refractivity contribution in [2.24, 2.45) is 0 Å². The Morgan fingerprint density at radius 3 is 2.22 bits per heavy atom. The largest absolute Gasteiger partial charge is 0.479 e. The summed E-state index contributed by atoms with van der Waals surface area (Å²) in [6.45, 7) is -0.241. The molecule has 8 nitrogen and oxygen atoms in total. The van der Waals surface area contributed by atoms with Crippen LogP contribution in [0.4, 0.5) is 4.79 Å². The molecular formula is C10H19N3O5. The highest BCUT2D eigenvalue weighted by atomic mass is 16.5. The van der Waals surface area contributed by atoms with Crippen LogP contribution in [0.5, 0.6) is 0 Å². The lowest BCUT2D eigenvalue weighted by Gasteiger charge is -2.20. The van der Waals surface area contributed by atoms with E-state index in [1.807, 2.05) is 0 Å². The molecule has 0 fully saturated rings. The fourth-order valence-corrected chi connectivity index (χ4v) is 1.00. The van der Waals surface area contributed by atoms with Gasteiger partial charge in [-0.1, -0.05) is 0 Å². The van der Waals surface area contributed by atoms with Gasteiger partial charge in [0.15, 0.2) is 6.10 Å². The summed E-state index contributed by atoms with van der Waals surface area (Å²) >= 11 is 0. The van der Waals surface area contributed by atoms with Crippen molar-refractivity contribution in [2.75, 3.05) is 41.3 Å². The molecular weight excluding hydrogens is 242 g/mol. The minimum Gasteiger partial charge on any atom is -0.479 e. The summed E-state index contributed by atoms with van der Waals surface area (Å²) in [6, 6.07) is -0.534. The van der Waals surface area contributed by atoms with Gasteiger partial charge in [0.2, 0.25) is 5.91 Å². The first kappa shape index (κ1) is 16.2. The molecule has 0 aliphatic rings. The van der Waals surface area contributed by atoms with E-state index in [0.29, 0.717) is 0 Å². The molecule has 3 amide bonds. The third kappa shape index (κ3) is 5.48. The van der Waals surface area contributed by atoms with Crippen molar-refractivity contribution in [3.8, 4) is 0 Å². The van der Waals surface area contributed by atoms with Gasteiger partial charge >= 0.3 is 12.0 Å². The number of hydrogen-bond acceptors (Lipinski definition) is 4. The summed E-state index contributed by atoms with van der Waals surface area (Å²) in [7, 11) is 5.85. The van der Waals surface area contributed by atoms with Crippen molar-refractivity contribution < 1.29 is 24.2 Å². The number of aliphatic carboxylic acids is 1. The van der Waals surface area contributed by atoms with Gasteiger partial charge in [-0.05, 0) is 0 Å². The van der Waals surface area contributed by atoms with E-state index >= 15 is 0 Å². The molecule has 0 spiro atoms. The zero-order valence-electron chi connectivity index (χ0n) is 11.0. The molecule has 1 unspecified atom stereocenters. The molecule has 104 valence electrons. The van der Waals surface area contributed by atoms with Crippen LogP contribution in [-0.4, -0.2) is 80.3 Å². The van der Waals surface area contributed by atoms with Crippen LogP contribution < -0.4 is 5.32 Å². The number of urea groups is 1. The predicted octanol–water partition coefficient (Wildman–Crippen LogP) is -1.18. The highest BCUT2D eigenvalue weighted by molar-refractivity contribution is 5.84. The Morgan fingerprint density at radius 1 is 1.28 bits per heavy atom. The number of nitrogens with zero attached hydrogens (tertiary/aromatic N) is 2. The van der Waals surface area contributed by atoms with E-state index in [-0.39, 0.29) is 19.0 Å². The second kappa shape index (κ2) is 7.49. The first-order chi connectivity index (χ1) is 8.29. The highest BCUT2D eigenvalue weighted by Crippen LogP contribution is 1.91. The van der Waals surface area contributed by atoms with Crippen molar-refractivity contribution in [2.45, 2.75) is 6.10 Å². The van der Waals surface area contributed by atoms with E-state index in [0.717, 1.165) is 4.90 Å². The van der Waals surface area contributed by atoms with Crippen molar-refractivity contribution in [3.05, 3.63) is 0 Å². The van der Waals surface area contributed by atoms with Gasteiger partial charge in [-0.15, -0.1) is 0 Å².